The minimum absolute atomic E-state index is 0.0508. The SMILES string of the molecule is O=c1nc(NOCc2cccc(Cl)c2)ccn1[C@@H]1O[C@H](COP(=O)(O)CP(=O)(O)O)[C@@H](O)[C@H]1O. The van der Waals surface area contributed by atoms with Gasteiger partial charge >= 0.3 is 20.9 Å². The first-order chi connectivity index (χ1) is 15.8. The second-order valence-corrected chi connectivity index (χ2v) is 11.7. The standard InChI is InChI=1S/C17H22ClN3O11P2/c18-11-3-1-2-10(6-11)7-30-20-13-4-5-21(17(24)19-13)16-15(23)14(22)12(32-16)8-31-34(28,29)9-33(25,26)27/h1-6,12,14-16,22-23H,7-9H2,(H,28,29)(H,19,20,24)(H2,25,26,27)/t12-,14-,15-,16-/m1/s1. The number of rotatable bonds is 10. The molecule has 34 heavy (non-hydrogen) atoms. The van der Waals surface area contributed by atoms with Crippen LogP contribution < -0.4 is 11.2 Å². The van der Waals surface area contributed by atoms with Crippen molar-refractivity contribution in [2.75, 3.05) is 18.0 Å². The van der Waals surface area contributed by atoms with Crippen molar-refractivity contribution in [2.24, 2.45) is 0 Å². The Labute approximate surface area is 197 Å². The van der Waals surface area contributed by atoms with Gasteiger partial charge in [0.05, 0.1) is 13.2 Å². The summed E-state index contributed by atoms with van der Waals surface area (Å²) < 4.78 is 33.5. The predicted octanol–water partition coefficient (Wildman–Crippen LogP) is 0.397. The molecule has 1 aliphatic rings. The number of anilines is 1. The van der Waals surface area contributed by atoms with Crippen LogP contribution in [0.5, 0.6) is 0 Å². The summed E-state index contributed by atoms with van der Waals surface area (Å²) in [5, 5.41) is 20.9. The first-order valence-electron chi connectivity index (χ1n) is 9.58. The zero-order chi connectivity index (χ0) is 25.1. The first kappa shape index (κ1) is 26.9. The summed E-state index contributed by atoms with van der Waals surface area (Å²) in [5.41, 5.74) is 2.39. The molecule has 6 N–H and O–H groups in total. The fraction of sp³-hybridized carbons (Fsp3) is 0.412. The molecular weight excluding hydrogens is 520 g/mol. The van der Waals surface area contributed by atoms with Gasteiger partial charge < -0.3 is 34.2 Å². The molecular formula is C17H22ClN3O11P2. The van der Waals surface area contributed by atoms with Gasteiger partial charge in [-0.2, -0.15) is 4.98 Å². The zero-order valence-electron chi connectivity index (χ0n) is 17.2. The Morgan fingerprint density at radius 2 is 1.91 bits per heavy atom. The Bertz CT molecular complexity index is 1160. The summed E-state index contributed by atoms with van der Waals surface area (Å²) in [6.07, 6.45) is -4.83. The number of hydrogen-bond donors (Lipinski definition) is 6. The van der Waals surface area contributed by atoms with E-state index < -0.39 is 57.9 Å². The van der Waals surface area contributed by atoms with Gasteiger partial charge in [0.1, 0.15) is 18.3 Å². The minimum Gasteiger partial charge on any atom is -0.387 e. The molecule has 0 spiro atoms. The van der Waals surface area contributed by atoms with Gasteiger partial charge in [-0.1, -0.05) is 23.7 Å². The van der Waals surface area contributed by atoms with Crippen molar-refractivity contribution in [3.05, 3.63) is 57.6 Å². The Morgan fingerprint density at radius 1 is 1.18 bits per heavy atom. The van der Waals surface area contributed by atoms with Crippen molar-refractivity contribution in [3.63, 3.8) is 0 Å². The third-order valence-electron chi connectivity index (χ3n) is 4.55. The summed E-state index contributed by atoms with van der Waals surface area (Å²) in [6, 6.07) is 8.27. The molecule has 14 nitrogen and oxygen atoms in total. The lowest BCUT2D eigenvalue weighted by Crippen LogP contribution is -2.36. The van der Waals surface area contributed by atoms with E-state index in [1.54, 1.807) is 24.3 Å². The monoisotopic (exact) mass is 541 g/mol. The summed E-state index contributed by atoms with van der Waals surface area (Å²) >= 11 is 5.89. The molecule has 0 radical (unpaired) electrons. The van der Waals surface area contributed by atoms with Crippen LogP contribution in [-0.4, -0.2) is 65.3 Å². The summed E-state index contributed by atoms with van der Waals surface area (Å²) in [7, 11) is -9.54. The summed E-state index contributed by atoms with van der Waals surface area (Å²) in [6.45, 7) is -0.651. The second kappa shape index (κ2) is 10.9. The molecule has 188 valence electrons. The maximum atomic E-state index is 12.4. The van der Waals surface area contributed by atoms with Gasteiger partial charge in [-0.25, -0.2) is 10.3 Å². The largest absolute Gasteiger partial charge is 0.387 e. The fourth-order valence-electron chi connectivity index (χ4n) is 3.04. The van der Waals surface area contributed by atoms with Crippen molar-refractivity contribution in [1.29, 1.82) is 0 Å². The zero-order valence-corrected chi connectivity index (χ0v) is 19.8. The highest BCUT2D eigenvalue weighted by atomic mass is 35.5. The predicted molar refractivity (Wildman–Crippen MR) is 117 cm³/mol. The summed E-state index contributed by atoms with van der Waals surface area (Å²) in [4.78, 5) is 48.6. The molecule has 0 aliphatic carbocycles. The van der Waals surface area contributed by atoms with Crippen LogP contribution in [0.25, 0.3) is 0 Å². The van der Waals surface area contributed by atoms with Gasteiger partial charge in [-0.15, -0.1) is 0 Å². The van der Waals surface area contributed by atoms with Gasteiger partial charge in [0.15, 0.2) is 17.9 Å². The quantitative estimate of drug-likeness (QED) is 0.178. The van der Waals surface area contributed by atoms with Crippen LogP contribution in [0.1, 0.15) is 11.8 Å². The molecule has 0 saturated carbocycles. The van der Waals surface area contributed by atoms with Crippen LogP contribution in [0.15, 0.2) is 41.3 Å². The topological polar surface area (TPSA) is 210 Å². The Hall–Kier alpha value is -1.67. The fourth-order valence-corrected chi connectivity index (χ4v) is 5.83. The second-order valence-electron chi connectivity index (χ2n) is 7.31. The molecule has 1 saturated heterocycles. The highest BCUT2D eigenvalue weighted by Gasteiger charge is 2.45. The van der Waals surface area contributed by atoms with E-state index in [2.05, 4.69) is 15.0 Å². The van der Waals surface area contributed by atoms with E-state index in [1.165, 1.54) is 12.3 Å². The lowest BCUT2D eigenvalue weighted by atomic mass is 10.1. The van der Waals surface area contributed by atoms with E-state index in [0.717, 1.165) is 10.1 Å². The number of nitrogens with zero attached hydrogens (tertiary/aromatic N) is 2. The molecule has 0 amide bonds. The number of aromatic nitrogens is 2. The Kier molecular flexibility index (Phi) is 8.66. The van der Waals surface area contributed by atoms with Crippen molar-refractivity contribution >= 4 is 32.6 Å². The van der Waals surface area contributed by atoms with E-state index in [0.29, 0.717) is 5.02 Å². The number of halogens is 1. The number of hydrogen-bond acceptors (Lipinski definition) is 10. The number of aliphatic hydroxyl groups excluding tert-OH is 2. The van der Waals surface area contributed by atoms with Crippen molar-refractivity contribution in [2.45, 2.75) is 31.1 Å². The van der Waals surface area contributed by atoms with E-state index in [1.807, 2.05) is 0 Å². The van der Waals surface area contributed by atoms with E-state index in [9.17, 15) is 29.0 Å². The first-order valence-corrected chi connectivity index (χ1v) is 13.5. The van der Waals surface area contributed by atoms with Gasteiger partial charge in [-0.3, -0.25) is 18.5 Å². The van der Waals surface area contributed by atoms with E-state index in [-0.39, 0.29) is 12.4 Å². The number of ether oxygens (including phenoxy) is 1. The van der Waals surface area contributed by atoms with Crippen molar-refractivity contribution < 1.29 is 48.1 Å². The molecule has 3 rings (SSSR count). The van der Waals surface area contributed by atoms with Gasteiger partial charge in [0, 0.05) is 11.2 Å². The van der Waals surface area contributed by atoms with Crippen LogP contribution in [0.2, 0.25) is 5.02 Å². The molecule has 2 aromatic rings. The number of nitrogens with one attached hydrogen (secondary N) is 1. The molecule has 1 aliphatic heterocycles. The minimum atomic E-state index is -4.84. The van der Waals surface area contributed by atoms with Crippen LogP contribution in [0.4, 0.5) is 5.82 Å². The highest BCUT2D eigenvalue weighted by Crippen LogP contribution is 2.55. The highest BCUT2D eigenvalue weighted by molar-refractivity contribution is 7.70. The lowest BCUT2D eigenvalue weighted by Gasteiger charge is -2.18. The maximum Gasteiger partial charge on any atom is 0.351 e. The Morgan fingerprint density at radius 3 is 2.56 bits per heavy atom. The number of benzene rings is 1. The Balaban J connectivity index is 1.60. The molecule has 5 atom stereocenters. The average Bonchev–Trinajstić information content (AvgIpc) is 2.99. The third kappa shape index (κ3) is 7.41. The third-order valence-corrected chi connectivity index (χ3v) is 8.24. The molecule has 0 bridgehead atoms. The van der Waals surface area contributed by atoms with Gasteiger partial charge in [0.25, 0.3) is 0 Å². The van der Waals surface area contributed by atoms with E-state index in [4.69, 9.17) is 31.0 Å². The molecule has 1 aromatic carbocycles. The molecule has 1 fully saturated rings. The van der Waals surface area contributed by atoms with Crippen LogP contribution in [0, 0.1) is 0 Å². The maximum absolute atomic E-state index is 12.4. The number of aliphatic hydroxyl groups is 2. The summed E-state index contributed by atoms with van der Waals surface area (Å²) in [5.74, 6) is -1.37. The molecule has 17 heteroatoms. The van der Waals surface area contributed by atoms with Crippen LogP contribution >= 0.6 is 26.8 Å². The molecule has 1 aromatic heterocycles. The van der Waals surface area contributed by atoms with E-state index >= 15 is 0 Å². The van der Waals surface area contributed by atoms with Crippen molar-refractivity contribution in [3.8, 4) is 0 Å². The van der Waals surface area contributed by atoms with Crippen LogP contribution in [-0.2, 0) is 29.8 Å². The smallest absolute Gasteiger partial charge is 0.351 e. The average molecular weight is 542 g/mol. The van der Waals surface area contributed by atoms with Crippen molar-refractivity contribution in [1.82, 2.24) is 9.55 Å². The lowest BCUT2D eigenvalue weighted by molar-refractivity contribution is -0.0523. The van der Waals surface area contributed by atoms with Crippen LogP contribution in [0.3, 0.4) is 0 Å². The van der Waals surface area contributed by atoms with Gasteiger partial charge in [0.2, 0.25) is 0 Å². The molecule has 2 heterocycles. The molecule has 1 unspecified atom stereocenters. The van der Waals surface area contributed by atoms with Gasteiger partial charge in [-0.05, 0) is 23.8 Å². The normalized spacial score (nSPS) is 24.6.